The summed E-state index contributed by atoms with van der Waals surface area (Å²) in [7, 11) is 7.65. The molecule has 0 fully saturated rings. The summed E-state index contributed by atoms with van der Waals surface area (Å²) in [5.74, 6) is 1.30. The van der Waals surface area contributed by atoms with E-state index in [0.29, 0.717) is 0 Å². The molecule has 148 valence electrons. The van der Waals surface area contributed by atoms with Crippen LogP contribution in [0.1, 0.15) is 62.3 Å². The Labute approximate surface area is 153 Å². The minimum Gasteiger partial charge on any atom is -0.497 e. The standard InChI is InChI=1S/C11H23NO.C7H15NO.2CH4/c1-7-11(3,4)10(2)13-9-8-12(5)6;1-5-6(2)7(9)8(3)4;;/h2,7-9H2,1,3-6H3;6H,5H2,1-4H3;2*1H4. The lowest BCUT2D eigenvalue weighted by Crippen LogP contribution is -2.27. The van der Waals surface area contributed by atoms with Crippen LogP contribution in [0.2, 0.25) is 0 Å². The Hall–Kier alpha value is -1.03. The number of hydrogen-bond acceptors (Lipinski definition) is 3. The van der Waals surface area contributed by atoms with Crippen molar-refractivity contribution in [2.75, 3.05) is 41.3 Å². The van der Waals surface area contributed by atoms with Gasteiger partial charge in [0.1, 0.15) is 6.61 Å². The van der Waals surface area contributed by atoms with Crippen molar-refractivity contribution < 1.29 is 9.53 Å². The maximum absolute atomic E-state index is 11.0. The Bertz CT molecular complexity index is 324. The van der Waals surface area contributed by atoms with Crippen LogP contribution in [-0.4, -0.2) is 57.0 Å². The van der Waals surface area contributed by atoms with E-state index in [1.165, 1.54) is 0 Å². The Balaban J connectivity index is -0.000000162. The quantitative estimate of drug-likeness (QED) is 0.586. The minimum atomic E-state index is 0. The number of hydrogen-bond donors (Lipinski definition) is 0. The second kappa shape index (κ2) is 15.5. The summed E-state index contributed by atoms with van der Waals surface area (Å²) >= 11 is 0. The molecule has 0 aromatic heterocycles. The van der Waals surface area contributed by atoms with Gasteiger partial charge in [-0.2, -0.15) is 0 Å². The lowest BCUT2D eigenvalue weighted by atomic mass is 9.88. The number of allylic oxidation sites excluding steroid dienone is 1. The van der Waals surface area contributed by atoms with Gasteiger partial charge in [0, 0.05) is 32.0 Å². The Morgan fingerprint density at radius 3 is 1.83 bits per heavy atom. The molecule has 1 amide bonds. The van der Waals surface area contributed by atoms with Crippen LogP contribution in [0.5, 0.6) is 0 Å². The molecule has 1 atom stereocenters. The number of carbonyl (C=O) groups is 1. The van der Waals surface area contributed by atoms with Crippen molar-refractivity contribution in [3.05, 3.63) is 12.3 Å². The van der Waals surface area contributed by atoms with Gasteiger partial charge in [0.25, 0.3) is 0 Å². The van der Waals surface area contributed by atoms with Crippen LogP contribution < -0.4 is 0 Å². The average molecular weight is 347 g/mol. The van der Waals surface area contributed by atoms with E-state index in [0.717, 1.165) is 31.8 Å². The molecule has 1 unspecified atom stereocenters. The van der Waals surface area contributed by atoms with Crippen molar-refractivity contribution in [2.45, 2.75) is 62.3 Å². The fourth-order valence-corrected chi connectivity index (χ4v) is 1.36. The topological polar surface area (TPSA) is 32.8 Å². The smallest absolute Gasteiger partial charge is 0.224 e. The summed E-state index contributed by atoms with van der Waals surface area (Å²) in [6.07, 6.45) is 1.99. The first-order valence-electron chi connectivity index (χ1n) is 8.17. The van der Waals surface area contributed by atoms with E-state index in [2.05, 4.69) is 32.3 Å². The highest BCUT2D eigenvalue weighted by atomic mass is 16.5. The molecule has 0 aliphatic carbocycles. The molecule has 0 heterocycles. The molecule has 0 aromatic rings. The molecule has 0 spiro atoms. The third kappa shape index (κ3) is 14.6. The zero-order chi connectivity index (χ0) is 17.9. The van der Waals surface area contributed by atoms with Gasteiger partial charge in [0.15, 0.2) is 0 Å². The second-order valence-corrected chi connectivity index (χ2v) is 6.85. The number of nitrogens with zero attached hydrogens (tertiary/aromatic N) is 2. The molecule has 24 heavy (non-hydrogen) atoms. The molecule has 0 N–H and O–H groups in total. The molecule has 0 saturated carbocycles. The van der Waals surface area contributed by atoms with Crippen molar-refractivity contribution in [1.82, 2.24) is 9.80 Å². The molecule has 0 aliphatic heterocycles. The number of rotatable bonds is 8. The van der Waals surface area contributed by atoms with E-state index in [4.69, 9.17) is 4.74 Å². The number of carbonyl (C=O) groups excluding carboxylic acids is 1. The SMILES string of the molecule is C.C.C=C(OCCN(C)C)C(C)(C)CC.CCC(C)C(=O)N(C)C. The largest absolute Gasteiger partial charge is 0.497 e. The highest BCUT2D eigenvalue weighted by Crippen LogP contribution is 2.28. The zero-order valence-electron chi connectivity index (χ0n) is 16.3. The fraction of sp³-hybridized carbons (Fsp3) is 0.850. The molecule has 0 aliphatic rings. The van der Waals surface area contributed by atoms with Gasteiger partial charge in [-0.25, -0.2) is 0 Å². The van der Waals surface area contributed by atoms with Gasteiger partial charge >= 0.3 is 0 Å². The Kier molecular flexibility index (Phi) is 19.9. The maximum atomic E-state index is 11.0. The summed E-state index contributed by atoms with van der Waals surface area (Å²) in [6.45, 7) is 16.1. The Morgan fingerprint density at radius 1 is 1.12 bits per heavy atom. The van der Waals surface area contributed by atoms with Crippen molar-refractivity contribution >= 4 is 5.91 Å². The van der Waals surface area contributed by atoms with Crippen LogP contribution in [0, 0.1) is 11.3 Å². The zero-order valence-corrected chi connectivity index (χ0v) is 16.3. The van der Waals surface area contributed by atoms with Crippen LogP contribution >= 0.6 is 0 Å². The van der Waals surface area contributed by atoms with E-state index < -0.39 is 0 Å². The molecule has 0 bridgehead atoms. The van der Waals surface area contributed by atoms with Gasteiger partial charge in [-0.05, 0) is 26.9 Å². The molecule has 0 rings (SSSR count). The van der Waals surface area contributed by atoms with E-state index in [9.17, 15) is 4.79 Å². The molecular formula is C20H46N2O2. The van der Waals surface area contributed by atoms with Gasteiger partial charge in [-0.3, -0.25) is 4.79 Å². The van der Waals surface area contributed by atoms with Crippen molar-refractivity contribution in [3.8, 4) is 0 Å². The highest BCUT2D eigenvalue weighted by molar-refractivity contribution is 5.77. The minimum absolute atomic E-state index is 0. The van der Waals surface area contributed by atoms with Crippen molar-refractivity contribution in [3.63, 3.8) is 0 Å². The van der Waals surface area contributed by atoms with Crippen molar-refractivity contribution in [2.24, 2.45) is 11.3 Å². The fourth-order valence-electron chi connectivity index (χ4n) is 1.36. The summed E-state index contributed by atoms with van der Waals surface area (Å²) < 4.78 is 5.57. The predicted molar refractivity (Wildman–Crippen MR) is 109 cm³/mol. The maximum Gasteiger partial charge on any atom is 0.224 e. The number of likely N-dealkylation sites (N-methyl/N-ethyl adjacent to an activating group) is 1. The first-order chi connectivity index (χ1) is 9.99. The molecule has 0 aromatic carbocycles. The third-order valence-electron chi connectivity index (χ3n) is 3.93. The van der Waals surface area contributed by atoms with E-state index in [1.807, 2.05) is 27.9 Å². The van der Waals surface area contributed by atoms with Crippen molar-refractivity contribution in [1.29, 1.82) is 0 Å². The van der Waals surface area contributed by atoms with E-state index >= 15 is 0 Å². The van der Waals surface area contributed by atoms with Gasteiger partial charge in [-0.1, -0.05) is 56.1 Å². The molecule has 4 nitrogen and oxygen atoms in total. The predicted octanol–water partition coefficient (Wildman–Crippen LogP) is 4.91. The number of ether oxygens (including phenoxy) is 1. The first kappa shape index (κ1) is 30.8. The normalized spacial score (nSPS) is 11.2. The average Bonchev–Trinajstić information content (AvgIpc) is 2.45. The molecule has 4 heteroatoms. The number of amides is 1. The summed E-state index contributed by atoms with van der Waals surface area (Å²) in [4.78, 5) is 14.7. The highest BCUT2D eigenvalue weighted by Gasteiger charge is 2.20. The monoisotopic (exact) mass is 346 g/mol. The van der Waals surface area contributed by atoms with Crippen LogP contribution in [0.3, 0.4) is 0 Å². The molecule has 0 radical (unpaired) electrons. The van der Waals surface area contributed by atoms with Gasteiger partial charge in [0.2, 0.25) is 5.91 Å². The lowest BCUT2D eigenvalue weighted by molar-refractivity contribution is -0.132. The Morgan fingerprint density at radius 2 is 1.58 bits per heavy atom. The van der Waals surface area contributed by atoms with Gasteiger partial charge in [0.05, 0.1) is 5.76 Å². The summed E-state index contributed by atoms with van der Waals surface area (Å²) in [5.41, 5.74) is 0.103. The van der Waals surface area contributed by atoms with Gasteiger partial charge < -0.3 is 14.5 Å². The van der Waals surface area contributed by atoms with E-state index in [1.54, 1.807) is 19.0 Å². The molecule has 0 saturated heterocycles. The first-order valence-corrected chi connectivity index (χ1v) is 8.17. The third-order valence-corrected chi connectivity index (χ3v) is 3.93. The lowest BCUT2D eigenvalue weighted by Gasteiger charge is -2.26. The second-order valence-electron chi connectivity index (χ2n) is 6.85. The van der Waals surface area contributed by atoms with Crippen LogP contribution in [0.25, 0.3) is 0 Å². The van der Waals surface area contributed by atoms with Crippen LogP contribution in [0.15, 0.2) is 12.3 Å². The molecular weight excluding hydrogens is 300 g/mol. The van der Waals surface area contributed by atoms with Crippen LogP contribution in [-0.2, 0) is 9.53 Å². The van der Waals surface area contributed by atoms with Crippen LogP contribution in [0.4, 0.5) is 0 Å². The van der Waals surface area contributed by atoms with E-state index in [-0.39, 0.29) is 32.1 Å². The van der Waals surface area contributed by atoms with Gasteiger partial charge in [-0.15, -0.1) is 0 Å². The summed E-state index contributed by atoms with van der Waals surface area (Å²) in [5, 5.41) is 0. The summed E-state index contributed by atoms with van der Waals surface area (Å²) in [6, 6.07) is 0.